The van der Waals surface area contributed by atoms with Gasteiger partial charge in [-0.05, 0) is 66.8 Å². The van der Waals surface area contributed by atoms with Crippen molar-refractivity contribution in [2.24, 2.45) is 10.2 Å². The van der Waals surface area contributed by atoms with Crippen molar-refractivity contribution >= 4 is 46.6 Å². The molecule has 9 nitrogen and oxygen atoms in total. The molecule has 11 heteroatoms. The summed E-state index contributed by atoms with van der Waals surface area (Å²) < 4.78 is 15.8. The Balaban J connectivity index is 1.81. The second-order valence-corrected chi connectivity index (χ2v) is 7.91. The predicted octanol–water partition coefficient (Wildman–Crippen LogP) is 3.10. The van der Waals surface area contributed by atoms with Crippen molar-refractivity contribution < 1.29 is 14.2 Å². The lowest BCUT2D eigenvalue weighted by atomic mass is 10.2. The van der Waals surface area contributed by atoms with E-state index in [4.69, 9.17) is 38.6 Å². The Morgan fingerprint density at radius 2 is 1.34 bits per heavy atom. The maximum absolute atomic E-state index is 5.43. The van der Waals surface area contributed by atoms with Crippen molar-refractivity contribution in [1.82, 2.24) is 21.5 Å². The van der Waals surface area contributed by atoms with Gasteiger partial charge in [-0.3, -0.25) is 10.9 Å². The maximum atomic E-state index is 5.43. The van der Waals surface area contributed by atoms with Crippen molar-refractivity contribution in [3.63, 3.8) is 0 Å². The van der Waals surface area contributed by atoms with E-state index < -0.39 is 0 Å². The summed E-state index contributed by atoms with van der Waals surface area (Å²) in [6.45, 7) is 4.19. The van der Waals surface area contributed by atoms with E-state index in [1.54, 1.807) is 20.4 Å². The molecule has 2 aromatic rings. The van der Waals surface area contributed by atoms with Gasteiger partial charge >= 0.3 is 0 Å². The van der Waals surface area contributed by atoms with Gasteiger partial charge in [0.2, 0.25) is 0 Å². The molecule has 0 radical (unpaired) electrons. The van der Waals surface area contributed by atoms with Crippen molar-refractivity contribution in [2.45, 2.75) is 26.4 Å². The van der Waals surface area contributed by atoms with E-state index in [1.807, 2.05) is 55.5 Å². The number of hydrogen-bond acceptors (Lipinski definition) is 7. The Morgan fingerprint density at radius 3 is 1.83 bits per heavy atom. The minimum absolute atomic E-state index is 0.394. The molecule has 0 fully saturated rings. The number of hydrazone groups is 2. The predicted molar refractivity (Wildman–Crippen MR) is 148 cm³/mol. The van der Waals surface area contributed by atoms with Crippen LogP contribution < -0.4 is 31.0 Å². The van der Waals surface area contributed by atoms with E-state index in [2.05, 4.69) is 31.7 Å². The molecular formula is C24H32N6O3S2. The molecule has 0 aliphatic rings. The average molecular weight is 517 g/mol. The molecule has 0 aromatic heterocycles. The summed E-state index contributed by atoms with van der Waals surface area (Å²) in [5.41, 5.74) is 8.43. The van der Waals surface area contributed by atoms with E-state index in [9.17, 15) is 0 Å². The zero-order valence-corrected chi connectivity index (χ0v) is 21.8. The summed E-state index contributed by atoms with van der Waals surface area (Å²) in [4.78, 5) is 0. The summed E-state index contributed by atoms with van der Waals surface area (Å²) in [6, 6.07) is 15.5. The SMILES string of the molecule is CCOCCC(/C=N/NC(=S)NCc1ccc(OC)cc1)=N\NC(=S)NCc1ccc(OC)cc1. The smallest absolute Gasteiger partial charge is 0.187 e. The van der Waals surface area contributed by atoms with Crippen LogP contribution in [0, 0.1) is 0 Å². The van der Waals surface area contributed by atoms with Gasteiger partial charge < -0.3 is 24.8 Å². The number of ether oxygens (including phenoxy) is 3. The van der Waals surface area contributed by atoms with Gasteiger partial charge in [0.05, 0.1) is 32.8 Å². The lowest BCUT2D eigenvalue weighted by Crippen LogP contribution is -2.33. The normalized spacial score (nSPS) is 11.1. The van der Waals surface area contributed by atoms with Crippen molar-refractivity contribution in [3.8, 4) is 11.5 Å². The van der Waals surface area contributed by atoms with E-state index >= 15 is 0 Å². The van der Waals surface area contributed by atoms with Gasteiger partial charge in [-0.2, -0.15) is 10.2 Å². The van der Waals surface area contributed by atoms with Gasteiger partial charge in [0, 0.05) is 26.1 Å². The first-order valence-electron chi connectivity index (χ1n) is 11.0. The molecule has 0 atom stereocenters. The zero-order chi connectivity index (χ0) is 25.3. The highest BCUT2D eigenvalue weighted by Crippen LogP contribution is 2.11. The molecule has 0 spiro atoms. The van der Waals surface area contributed by atoms with Gasteiger partial charge in [0.1, 0.15) is 11.5 Å². The topological polar surface area (TPSA) is 101 Å². The third-order valence-corrected chi connectivity index (χ3v) is 5.08. The molecule has 0 unspecified atom stereocenters. The van der Waals surface area contributed by atoms with Gasteiger partial charge in [-0.25, -0.2) is 0 Å². The fourth-order valence-electron chi connectivity index (χ4n) is 2.69. The number of nitrogens with one attached hydrogen (secondary N) is 4. The van der Waals surface area contributed by atoms with Gasteiger partial charge in [0.25, 0.3) is 0 Å². The number of nitrogens with zero attached hydrogens (tertiary/aromatic N) is 2. The highest BCUT2D eigenvalue weighted by atomic mass is 32.1. The Labute approximate surface area is 217 Å². The molecule has 0 amide bonds. The molecule has 0 bridgehead atoms. The third kappa shape index (κ3) is 11.6. The molecule has 0 heterocycles. The number of methoxy groups -OCH3 is 2. The molecular weight excluding hydrogens is 484 g/mol. The van der Waals surface area contributed by atoms with Gasteiger partial charge in [-0.15, -0.1) is 0 Å². The quantitative estimate of drug-likeness (QED) is 0.138. The van der Waals surface area contributed by atoms with Gasteiger partial charge in [-0.1, -0.05) is 24.3 Å². The van der Waals surface area contributed by atoms with E-state index in [-0.39, 0.29) is 0 Å². The van der Waals surface area contributed by atoms with Crippen molar-refractivity contribution in [1.29, 1.82) is 0 Å². The molecule has 35 heavy (non-hydrogen) atoms. The first-order valence-corrected chi connectivity index (χ1v) is 11.9. The number of benzene rings is 2. The second kappa shape index (κ2) is 16.4. The number of rotatable bonds is 13. The minimum Gasteiger partial charge on any atom is -0.497 e. The van der Waals surface area contributed by atoms with Gasteiger partial charge in [0.15, 0.2) is 10.2 Å². The monoisotopic (exact) mass is 516 g/mol. The number of hydrogen-bond donors (Lipinski definition) is 4. The standard InChI is InChI=1S/C24H32N6O3S2/c1-4-33-14-13-20(28-30-24(35)26-16-19-7-11-22(32-3)12-8-19)17-27-29-23(34)25-15-18-5-9-21(31-2)10-6-18/h5-12,17H,4,13-16H2,1-3H3,(H2,25,29,34)(H2,26,30,35)/b27-17+,28-20+. The van der Waals surface area contributed by atoms with E-state index in [0.717, 1.165) is 22.6 Å². The summed E-state index contributed by atoms with van der Waals surface area (Å²) in [6.07, 6.45) is 2.14. The van der Waals surface area contributed by atoms with Crippen LogP contribution in [0.5, 0.6) is 11.5 Å². The largest absolute Gasteiger partial charge is 0.497 e. The minimum atomic E-state index is 0.394. The first-order chi connectivity index (χ1) is 17.0. The summed E-state index contributed by atoms with van der Waals surface area (Å²) in [5, 5.41) is 15.5. The van der Waals surface area contributed by atoms with Crippen LogP contribution >= 0.6 is 24.4 Å². The summed E-state index contributed by atoms with van der Waals surface area (Å²) in [5.74, 6) is 1.61. The average Bonchev–Trinajstić information content (AvgIpc) is 2.89. The fraction of sp³-hybridized carbons (Fsp3) is 0.333. The summed E-state index contributed by atoms with van der Waals surface area (Å²) >= 11 is 10.6. The first kappa shape index (κ1) is 28.0. The van der Waals surface area contributed by atoms with Crippen LogP contribution in [-0.2, 0) is 17.8 Å². The lowest BCUT2D eigenvalue weighted by molar-refractivity contribution is 0.155. The van der Waals surface area contributed by atoms with E-state index in [1.165, 1.54) is 0 Å². The Bertz CT molecular complexity index is 982. The number of thiocarbonyl (C=S) groups is 2. The highest BCUT2D eigenvalue weighted by molar-refractivity contribution is 7.80. The Kier molecular flexibility index (Phi) is 13.1. The van der Waals surface area contributed by atoms with Crippen molar-refractivity contribution in [3.05, 3.63) is 59.7 Å². The molecule has 0 aliphatic heterocycles. The van der Waals surface area contributed by atoms with Crippen LogP contribution in [0.2, 0.25) is 0 Å². The molecule has 2 rings (SSSR count). The van der Waals surface area contributed by atoms with Crippen LogP contribution in [0.25, 0.3) is 0 Å². The molecule has 0 saturated carbocycles. The molecule has 4 N–H and O–H groups in total. The zero-order valence-electron chi connectivity index (χ0n) is 20.2. The van der Waals surface area contributed by atoms with Crippen LogP contribution in [0.3, 0.4) is 0 Å². The van der Waals surface area contributed by atoms with Crippen LogP contribution in [0.4, 0.5) is 0 Å². The Morgan fingerprint density at radius 1 is 0.829 bits per heavy atom. The highest BCUT2D eigenvalue weighted by Gasteiger charge is 2.01. The second-order valence-electron chi connectivity index (χ2n) is 7.09. The van der Waals surface area contributed by atoms with Crippen LogP contribution in [0.15, 0.2) is 58.7 Å². The lowest BCUT2D eigenvalue weighted by Gasteiger charge is -2.09. The van der Waals surface area contributed by atoms with Crippen molar-refractivity contribution in [2.75, 3.05) is 27.4 Å². The fourth-order valence-corrected chi connectivity index (χ4v) is 2.93. The summed E-state index contributed by atoms with van der Waals surface area (Å²) in [7, 11) is 3.28. The van der Waals surface area contributed by atoms with Crippen LogP contribution in [0.1, 0.15) is 24.5 Å². The molecule has 0 saturated heterocycles. The maximum Gasteiger partial charge on any atom is 0.187 e. The molecule has 188 valence electrons. The Hall–Kier alpha value is -3.28. The van der Waals surface area contributed by atoms with E-state index in [0.29, 0.717) is 48.7 Å². The molecule has 0 aliphatic carbocycles. The van der Waals surface area contributed by atoms with Crippen LogP contribution in [-0.4, -0.2) is 49.6 Å². The third-order valence-electron chi connectivity index (χ3n) is 4.61. The molecule has 2 aromatic carbocycles.